The molecule has 1 aromatic rings. The van der Waals surface area contributed by atoms with Gasteiger partial charge in [-0.3, -0.25) is 4.79 Å². The molecule has 19 heavy (non-hydrogen) atoms. The predicted molar refractivity (Wildman–Crippen MR) is 79.4 cm³/mol. The lowest BCUT2D eigenvalue weighted by molar-refractivity contribution is -0.117. The Balaban J connectivity index is 2.71. The Morgan fingerprint density at radius 2 is 2.11 bits per heavy atom. The second-order valence-electron chi connectivity index (χ2n) is 4.52. The topological polar surface area (TPSA) is 49.3 Å². The summed E-state index contributed by atoms with van der Waals surface area (Å²) in [5, 5.41) is 12.7. The number of amides is 1. The molecule has 3 nitrogen and oxygen atoms in total. The fourth-order valence-corrected chi connectivity index (χ4v) is 1.84. The number of rotatable bonds is 5. The fourth-order valence-electron chi connectivity index (χ4n) is 1.47. The number of carbonyl (C=O) groups is 1. The van der Waals surface area contributed by atoms with E-state index in [0.29, 0.717) is 15.6 Å². The van der Waals surface area contributed by atoms with Crippen LogP contribution in [0.15, 0.2) is 24.3 Å². The number of hydrogen-bond donors (Lipinski definition) is 2. The first kappa shape index (κ1) is 16.0. The van der Waals surface area contributed by atoms with Crippen molar-refractivity contribution in [2.75, 3.05) is 6.61 Å². The Labute approximate surface area is 123 Å². The highest BCUT2D eigenvalue weighted by Gasteiger charge is 2.13. The van der Waals surface area contributed by atoms with E-state index in [4.69, 9.17) is 28.3 Å². The summed E-state index contributed by atoms with van der Waals surface area (Å²) in [6.07, 6.45) is 2.97. The van der Waals surface area contributed by atoms with E-state index >= 15 is 0 Å². The lowest BCUT2D eigenvalue weighted by atomic mass is 10.1. The summed E-state index contributed by atoms with van der Waals surface area (Å²) in [4.78, 5) is 11.7. The summed E-state index contributed by atoms with van der Waals surface area (Å²) in [5.41, 5.74) is 0.675. The molecule has 0 spiro atoms. The average Bonchev–Trinajstić information content (AvgIpc) is 2.37. The summed E-state index contributed by atoms with van der Waals surface area (Å²) in [7, 11) is 0. The van der Waals surface area contributed by atoms with Gasteiger partial charge in [0.15, 0.2) is 0 Å². The molecule has 2 N–H and O–H groups in total. The molecular weight excluding hydrogens is 285 g/mol. The van der Waals surface area contributed by atoms with Gasteiger partial charge in [0, 0.05) is 6.08 Å². The number of aliphatic hydroxyl groups is 1. The summed E-state index contributed by atoms with van der Waals surface area (Å²) in [6, 6.07) is 4.95. The number of carbonyl (C=O) groups excluding carboxylic acids is 1. The van der Waals surface area contributed by atoms with Crippen LogP contribution in [-0.2, 0) is 4.79 Å². The van der Waals surface area contributed by atoms with Gasteiger partial charge in [-0.25, -0.2) is 0 Å². The first-order valence-corrected chi connectivity index (χ1v) is 6.74. The van der Waals surface area contributed by atoms with Crippen molar-refractivity contribution in [3.8, 4) is 0 Å². The molecule has 0 heterocycles. The van der Waals surface area contributed by atoms with E-state index in [9.17, 15) is 4.79 Å². The molecule has 0 bridgehead atoms. The monoisotopic (exact) mass is 301 g/mol. The first-order chi connectivity index (χ1) is 8.95. The van der Waals surface area contributed by atoms with E-state index < -0.39 is 0 Å². The molecule has 0 radical (unpaired) electrons. The zero-order valence-corrected chi connectivity index (χ0v) is 12.4. The molecule has 0 saturated carbocycles. The number of halogens is 2. The number of hydrogen-bond acceptors (Lipinski definition) is 2. The lowest BCUT2D eigenvalue weighted by Gasteiger charge is -2.18. The van der Waals surface area contributed by atoms with E-state index in [-0.39, 0.29) is 24.5 Å². The van der Waals surface area contributed by atoms with Crippen LogP contribution in [0.2, 0.25) is 10.0 Å². The van der Waals surface area contributed by atoms with Crippen LogP contribution in [0.1, 0.15) is 19.4 Å². The SMILES string of the molecule is CC(C)C(CO)NC(=O)C=Cc1cccc(Cl)c1Cl. The highest BCUT2D eigenvalue weighted by Crippen LogP contribution is 2.26. The Hall–Kier alpha value is -1.03. The maximum atomic E-state index is 11.7. The zero-order chi connectivity index (χ0) is 14.4. The van der Waals surface area contributed by atoms with Gasteiger partial charge in [0.1, 0.15) is 0 Å². The molecule has 0 fully saturated rings. The molecule has 5 heteroatoms. The molecule has 0 aliphatic rings. The average molecular weight is 302 g/mol. The van der Waals surface area contributed by atoms with Gasteiger partial charge in [-0.2, -0.15) is 0 Å². The van der Waals surface area contributed by atoms with E-state index in [1.807, 2.05) is 13.8 Å². The summed E-state index contributed by atoms with van der Waals surface area (Å²) >= 11 is 11.9. The standard InChI is InChI=1S/C14H17Cl2NO2/c1-9(2)12(8-18)17-13(19)7-6-10-4-3-5-11(15)14(10)16/h3-7,9,12,18H,8H2,1-2H3,(H,17,19). The van der Waals surface area contributed by atoms with Gasteiger partial charge >= 0.3 is 0 Å². The van der Waals surface area contributed by atoms with Crippen LogP contribution in [0.4, 0.5) is 0 Å². The Kier molecular flexibility index (Phi) is 6.35. The summed E-state index contributed by atoms with van der Waals surface area (Å²) < 4.78 is 0. The molecule has 1 aromatic carbocycles. The Bertz CT molecular complexity index is 473. The van der Waals surface area contributed by atoms with Crippen molar-refractivity contribution in [3.63, 3.8) is 0 Å². The van der Waals surface area contributed by atoms with E-state index in [0.717, 1.165) is 0 Å². The van der Waals surface area contributed by atoms with Crippen LogP contribution < -0.4 is 5.32 Å². The smallest absolute Gasteiger partial charge is 0.244 e. The second-order valence-corrected chi connectivity index (χ2v) is 5.30. The third kappa shape index (κ3) is 4.86. The highest BCUT2D eigenvalue weighted by atomic mass is 35.5. The van der Waals surface area contributed by atoms with Crippen molar-refractivity contribution >= 4 is 35.2 Å². The molecule has 0 aliphatic carbocycles. The van der Waals surface area contributed by atoms with Gasteiger partial charge in [-0.05, 0) is 23.6 Å². The fraction of sp³-hybridized carbons (Fsp3) is 0.357. The van der Waals surface area contributed by atoms with Gasteiger partial charge in [-0.15, -0.1) is 0 Å². The molecule has 1 amide bonds. The third-order valence-electron chi connectivity index (χ3n) is 2.72. The van der Waals surface area contributed by atoms with Crippen LogP contribution in [-0.4, -0.2) is 23.7 Å². The van der Waals surface area contributed by atoms with Crippen molar-refractivity contribution in [2.45, 2.75) is 19.9 Å². The van der Waals surface area contributed by atoms with Crippen molar-refractivity contribution in [2.24, 2.45) is 5.92 Å². The zero-order valence-electron chi connectivity index (χ0n) is 10.9. The number of aliphatic hydroxyl groups excluding tert-OH is 1. The largest absolute Gasteiger partial charge is 0.394 e. The van der Waals surface area contributed by atoms with Gasteiger partial charge < -0.3 is 10.4 Å². The highest BCUT2D eigenvalue weighted by molar-refractivity contribution is 6.42. The minimum atomic E-state index is -0.274. The molecule has 104 valence electrons. The molecule has 0 aliphatic heterocycles. The minimum Gasteiger partial charge on any atom is -0.394 e. The molecule has 1 unspecified atom stereocenters. The van der Waals surface area contributed by atoms with Crippen LogP contribution in [0, 0.1) is 5.92 Å². The molecule has 1 rings (SSSR count). The van der Waals surface area contributed by atoms with Crippen molar-refractivity contribution in [3.05, 3.63) is 39.9 Å². The minimum absolute atomic E-state index is 0.0881. The van der Waals surface area contributed by atoms with Crippen molar-refractivity contribution in [1.29, 1.82) is 0 Å². The molecular formula is C14H17Cl2NO2. The second kappa shape index (κ2) is 7.53. The normalized spacial score (nSPS) is 12.9. The summed E-state index contributed by atoms with van der Waals surface area (Å²) in [5.74, 6) is -0.110. The molecule has 0 aromatic heterocycles. The first-order valence-electron chi connectivity index (χ1n) is 5.99. The predicted octanol–water partition coefficient (Wildman–Crippen LogP) is 3.14. The van der Waals surface area contributed by atoms with Crippen LogP contribution >= 0.6 is 23.2 Å². The van der Waals surface area contributed by atoms with Crippen molar-refractivity contribution in [1.82, 2.24) is 5.32 Å². The third-order valence-corrected chi connectivity index (χ3v) is 3.56. The van der Waals surface area contributed by atoms with Gasteiger partial charge in [-0.1, -0.05) is 49.2 Å². The molecule has 1 atom stereocenters. The van der Waals surface area contributed by atoms with E-state index in [1.165, 1.54) is 6.08 Å². The van der Waals surface area contributed by atoms with Crippen LogP contribution in [0.5, 0.6) is 0 Å². The quantitative estimate of drug-likeness (QED) is 0.821. The van der Waals surface area contributed by atoms with Crippen LogP contribution in [0.3, 0.4) is 0 Å². The number of benzene rings is 1. The molecule has 0 saturated heterocycles. The van der Waals surface area contributed by atoms with Crippen LogP contribution in [0.25, 0.3) is 6.08 Å². The van der Waals surface area contributed by atoms with E-state index in [1.54, 1.807) is 24.3 Å². The maximum absolute atomic E-state index is 11.7. The Morgan fingerprint density at radius 3 is 2.68 bits per heavy atom. The number of nitrogens with one attached hydrogen (secondary N) is 1. The van der Waals surface area contributed by atoms with Crippen molar-refractivity contribution < 1.29 is 9.90 Å². The van der Waals surface area contributed by atoms with Gasteiger partial charge in [0.05, 0.1) is 22.7 Å². The van der Waals surface area contributed by atoms with Gasteiger partial charge in [0.25, 0.3) is 0 Å². The maximum Gasteiger partial charge on any atom is 0.244 e. The Morgan fingerprint density at radius 1 is 1.42 bits per heavy atom. The van der Waals surface area contributed by atoms with E-state index in [2.05, 4.69) is 5.32 Å². The lowest BCUT2D eigenvalue weighted by Crippen LogP contribution is -2.40. The summed E-state index contributed by atoms with van der Waals surface area (Å²) in [6.45, 7) is 3.77. The van der Waals surface area contributed by atoms with Gasteiger partial charge in [0.2, 0.25) is 5.91 Å².